The largest absolute Gasteiger partial charge is 0.292 e. The molecule has 1 atom stereocenters. The minimum atomic E-state index is -0.883. The highest BCUT2D eigenvalue weighted by atomic mass is 16.6. The number of benzene rings is 1. The molecular formula is C16H10N4O2. The van der Waals surface area contributed by atoms with Crippen LogP contribution in [0.2, 0.25) is 0 Å². The van der Waals surface area contributed by atoms with Crippen LogP contribution in [0, 0.1) is 21.4 Å². The zero-order chi connectivity index (χ0) is 15.5. The lowest BCUT2D eigenvalue weighted by molar-refractivity contribution is -0.386. The van der Waals surface area contributed by atoms with Crippen LogP contribution in [0.25, 0.3) is 10.9 Å². The van der Waals surface area contributed by atoms with E-state index in [2.05, 4.69) is 16.0 Å². The van der Waals surface area contributed by atoms with Crippen molar-refractivity contribution in [1.29, 1.82) is 5.26 Å². The van der Waals surface area contributed by atoms with Gasteiger partial charge in [-0.1, -0.05) is 24.3 Å². The maximum atomic E-state index is 11.1. The van der Waals surface area contributed by atoms with Gasteiger partial charge in [-0.2, -0.15) is 5.26 Å². The first-order valence-corrected chi connectivity index (χ1v) is 6.55. The molecule has 3 rings (SSSR count). The normalized spacial score (nSPS) is 11.8. The van der Waals surface area contributed by atoms with Crippen LogP contribution in [0.1, 0.15) is 17.3 Å². The zero-order valence-corrected chi connectivity index (χ0v) is 11.4. The van der Waals surface area contributed by atoms with E-state index in [1.807, 2.05) is 30.3 Å². The molecule has 0 unspecified atom stereocenters. The first-order valence-electron chi connectivity index (χ1n) is 6.55. The quantitative estimate of drug-likeness (QED) is 0.545. The van der Waals surface area contributed by atoms with E-state index in [0.29, 0.717) is 5.69 Å². The molecule has 0 saturated heterocycles. The number of pyridine rings is 2. The average Bonchev–Trinajstić information content (AvgIpc) is 2.56. The minimum absolute atomic E-state index is 0.109. The lowest BCUT2D eigenvalue weighted by Gasteiger charge is -2.09. The highest BCUT2D eigenvalue weighted by molar-refractivity contribution is 5.78. The fourth-order valence-electron chi connectivity index (χ4n) is 2.30. The molecule has 2 heterocycles. The molecule has 22 heavy (non-hydrogen) atoms. The Morgan fingerprint density at radius 1 is 1.14 bits per heavy atom. The van der Waals surface area contributed by atoms with E-state index in [4.69, 9.17) is 0 Å². The third kappa shape index (κ3) is 2.36. The van der Waals surface area contributed by atoms with Crippen LogP contribution >= 0.6 is 0 Å². The topological polar surface area (TPSA) is 92.7 Å². The molecule has 106 valence electrons. The predicted octanol–water partition coefficient (Wildman–Crippen LogP) is 3.19. The smallest absolute Gasteiger partial charge is 0.258 e. The molecule has 0 aliphatic carbocycles. The SMILES string of the molecule is N#C[C@@H](c1ccc2ccccc2n1)c1ncccc1[N+](=O)[O-]. The van der Waals surface area contributed by atoms with E-state index in [9.17, 15) is 15.4 Å². The van der Waals surface area contributed by atoms with E-state index < -0.39 is 10.8 Å². The number of hydrogen-bond acceptors (Lipinski definition) is 5. The summed E-state index contributed by atoms with van der Waals surface area (Å²) < 4.78 is 0. The summed E-state index contributed by atoms with van der Waals surface area (Å²) in [4.78, 5) is 19.0. The molecule has 0 amide bonds. The highest BCUT2D eigenvalue weighted by Crippen LogP contribution is 2.29. The maximum Gasteiger partial charge on any atom is 0.292 e. The third-order valence-electron chi connectivity index (χ3n) is 3.33. The van der Waals surface area contributed by atoms with Crippen LogP contribution in [-0.2, 0) is 0 Å². The van der Waals surface area contributed by atoms with Gasteiger partial charge in [-0.05, 0) is 18.2 Å². The molecular weight excluding hydrogens is 280 g/mol. The van der Waals surface area contributed by atoms with Crippen LogP contribution in [-0.4, -0.2) is 14.9 Å². The Bertz CT molecular complexity index is 902. The van der Waals surface area contributed by atoms with Crippen molar-refractivity contribution in [2.24, 2.45) is 0 Å². The summed E-state index contributed by atoms with van der Waals surface area (Å²) in [6.07, 6.45) is 1.44. The molecule has 2 aromatic heterocycles. The van der Waals surface area contributed by atoms with Gasteiger partial charge < -0.3 is 0 Å². The Hall–Kier alpha value is -3.33. The van der Waals surface area contributed by atoms with E-state index in [1.165, 1.54) is 18.3 Å². The van der Waals surface area contributed by atoms with Gasteiger partial charge in [-0.15, -0.1) is 0 Å². The van der Waals surface area contributed by atoms with Gasteiger partial charge in [-0.3, -0.25) is 20.1 Å². The molecule has 1 aromatic carbocycles. The fourth-order valence-corrected chi connectivity index (χ4v) is 2.30. The molecule has 0 fully saturated rings. The van der Waals surface area contributed by atoms with Gasteiger partial charge in [-0.25, -0.2) is 0 Å². The van der Waals surface area contributed by atoms with Crippen LogP contribution in [0.5, 0.6) is 0 Å². The van der Waals surface area contributed by atoms with Crippen molar-refractivity contribution in [2.75, 3.05) is 0 Å². The first kappa shape index (κ1) is 13.6. The van der Waals surface area contributed by atoms with Crippen LogP contribution in [0.4, 0.5) is 5.69 Å². The van der Waals surface area contributed by atoms with Crippen molar-refractivity contribution in [3.05, 3.63) is 76.2 Å². The Labute approximate surface area is 125 Å². The number of nitrogens with zero attached hydrogens (tertiary/aromatic N) is 4. The van der Waals surface area contributed by atoms with Crippen LogP contribution in [0.3, 0.4) is 0 Å². The summed E-state index contributed by atoms with van der Waals surface area (Å²) in [5, 5.41) is 21.5. The van der Waals surface area contributed by atoms with Gasteiger partial charge in [0, 0.05) is 17.6 Å². The number of para-hydroxylation sites is 1. The Morgan fingerprint density at radius 2 is 1.95 bits per heavy atom. The molecule has 0 N–H and O–H groups in total. The number of nitriles is 1. The fraction of sp³-hybridized carbons (Fsp3) is 0.0625. The molecule has 0 aliphatic heterocycles. The third-order valence-corrected chi connectivity index (χ3v) is 3.33. The number of fused-ring (bicyclic) bond motifs is 1. The lowest BCUT2D eigenvalue weighted by Crippen LogP contribution is -2.07. The molecule has 6 nitrogen and oxygen atoms in total. The van der Waals surface area contributed by atoms with Crippen molar-refractivity contribution >= 4 is 16.6 Å². The summed E-state index contributed by atoms with van der Waals surface area (Å²) in [7, 11) is 0. The monoisotopic (exact) mass is 290 g/mol. The van der Waals surface area contributed by atoms with Crippen molar-refractivity contribution in [1.82, 2.24) is 9.97 Å². The number of aromatic nitrogens is 2. The lowest BCUT2D eigenvalue weighted by atomic mass is 9.99. The molecule has 0 radical (unpaired) electrons. The van der Waals surface area contributed by atoms with Crippen molar-refractivity contribution in [2.45, 2.75) is 5.92 Å². The Balaban J connectivity index is 2.15. The molecule has 3 aromatic rings. The van der Waals surface area contributed by atoms with Gasteiger partial charge in [0.1, 0.15) is 11.6 Å². The van der Waals surface area contributed by atoms with Gasteiger partial charge in [0.15, 0.2) is 0 Å². The average molecular weight is 290 g/mol. The Kier molecular flexibility index (Phi) is 3.46. The van der Waals surface area contributed by atoms with Crippen molar-refractivity contribution < 1.29 is 4.92 Å². The van der Waals surface area contributed by atoms with Crippen molar-refractivity contribution in [3.8, 4) is 6.07 Å². The molecule has 0 aliphatic rings. The second-order valence-corrected chi connectivity index (χ2v) is 4.66. The number of nitro groups is 1. The minimum Gasteiger partial charge on any atom is -0.258 e. The molecule has 0 bridgehead atoms. The van der Waals surface area contributed by atoms with Crippen LogP contribution < -0.4 is 0 Å². The standard InChI is InChI=1S/C16H10N4O2/c17-10-12(16-15(20(21)22)6-3-9-18-16)14-8-7-11-4-1-2-5-13(11)19-14/h1-9,12H/t12-/m0/s1. The first-order chi connectivity index (χ1) is 10.7. The summed E-state index contributed by atoms with van der Waals surface area (Å²) in [5.41, 5.74) is 1.11. The predicted molar refractivity (Wildman–Crippen MR) is 80.1 cm³/mol. The number of hydrogen-bond donors (Lipinski definition) is 0. The Morgan fingerprint density at radius 3 is 2.73 bits per heavy atom. The second kappa shape index (κ2) is 5.58. The maximum absolute atomic E-state index is 11.1. The van der Waals surface area contributed by atoms with Crippen LogP contribution in [0.15, 0.2) is 54.7 Å². The van der Waals surface area contributed by atoms with E-state index in [-0.39, 0.29) is 11.4 Å². The van der Waals surface area contributed by atoms with Gasteiger partial charge >= 0.3 is 0 Å². The molecule has 0 saturated carbocycles. The number of rotatable bonds is 3. The summed E-state index contributed by atoms with van der Waals surface area (Å²) >= 11 is 0. The molecule has 0 spiro atoms. The molecule has 6 heteroatoms. The van der Waals surface area contributed by atoms with E-state index in [1.54, 1.807) is 6.07 Å². The summed E-state index contributed by atoms with van der Waals surface area (Å²) in [5.74, 6) is -0.883. The second-order valence-electron chi connectivity index (χ2n) is 4.66. The zero-order valence-electron chi connectivity index (χ0n) is 11.4. The van der Waals surface area contributed by atoms with Gasteiger partial charge in [0.05, 0.1) is 22.2 Å². The highest BCUT2D eigenvalue weighted by Gasteiger charge is 2.25. The van der Waals surface area contributed by atoms with Gasteiger partial charge in [0.25, 0.3) is 5.69 Å². The summed E-state index contributed by atoms with van der Waals surface area (Å²) in [6, 6.07) is 15.9. The van der Waals surface area contributed by atoms with E-state index >= 15 is 0 Å². The van der Waals surface area contributed by atoms with Gasteiger partial charge in [0.2, 0.25) is 0 Å². The summed E-state index contributed by atoms with van der Waals surface area (Å²) in [6.45, 7) is 0. The van der Waals surface area contributed by atoms with E-state index in [0.717, 1.165) is 10.9 Å². The van der Waals surface area contributed by atoms with Crippen molar-refractivity contribution in [3.63, 3.8) is 0 Å².